The molecule has 2 aliphatic rings. The maximum absolute atomic E-state index is 13.5. The minimum atomic E-state index is -0.154. The lowest BCUT2D eigenvalue weighted by Crippen LogP contribution is -2.54. The van der Waals surface area contributed by atoms with Crippen LogP contribution in [0.4, 0.5) is 5.82 Å². The van der Waals surface area contributed by atoms with Crippen LogP contribution in [0.1, 0.15) is 70.2 Å². The average molecular weight is 534 g/mol. The van der Waals surface area contributed by atoms with Crippen molar-refractivity contribution in [3.05, 3.63) is 60.3 Å². The van der Waals surface area contributed by atoms with Gasteiger partial charge in [0.2, 0.25) is 5.88 Å². The van der Waals surface area contributed by atoms with Crippen molar-refractivity contribution >= 4 is 23.7 Å². The van der Waals surface area contributed by atoms with Gasteiger partial charge in [0.25, 0.3) is 5.91 Å². The van der Waals surface area contributed by atoms with Crippen LogP contribution < -0.4 is 14.4 Å². The van der Waals surface area contributed by atoms with E-state index in [1.165, 1.54) is 31.2 Å². The van der Waals surface area contributed by atoms with Gasteiger partial charge in [-0.1, -0.05) is 44.9 Å². The standard InChI is InChI=1S/C30H39N5O2S/c1-5-23-18-30(3,4)34(19-21(23)2)28-25(29(36)33-38-24-12-7-6-8-13-24)14-15-26(31-28)35-17-16-27(32-35)37-20-22-10-9-11-22/h6-8,12-17,21-23H,5,9-11,18-20H2,1-4H3,(H,33,36). The van der Waals surface area contributed by atoms with E-state index in [0.29, 0.717) is 47.4 Å². The van der Waals surface area contributed by atoms with Crippen LogP contribution in [-0.2, 0) is 0 Å². The monoisotopic (exact) mass is 533 g/mol. The number of rotatable bonds is 9. The molecule has 1 saturated carbocycles. The van der Waals surface area contributed by atoms with Crippen molar-refractivity contribution in [3.63, 3.8) is 0 Å². The highest BCUT2D eigenvalue weighted by Gasteiger charge is 2.40. The van der Waals surface area contributed by atoms with Crippen LogP contribution in [0.2, 0.25) is 0 Å². The summed E-state index contributed by atoms with van der Waals surface area (Å²) in [6, 6.07) is 15.5. The minimum absolute atomic E-state index is 0.137. The van der Waals surface area contributed by atoms with Crippen LogP contribution >= 0.6 is 11.9 Å². The number of anilines is 1. The molecule has 0 spiro atoms. The van der Waals surface area contributed by atoms with Crippen LogP contribution in [-0.4, -0.2) is 39.4 Å². The number of amides is 1. The highest BCUT2D eigenvalue weighted by molar-refractivity contribution is 7.98. The van der Waals surface area contributed by atoms with Gasteiger partial charge in [0.15, 0.2) is 5.82 Å². The first-order valence-electron chi connectivity index (χ1n) is 13.8. The molecule has 202 valence electrons. The summed E-state index contributed by atoms with van der Waals surface area (Å²) in [5, 5.41) is 4.63. The highest BCUT2D eigenvalue weighted by atomic mass is 32.2. The molecule has 1 aliphatic heterocycles. The highest BCUT2D eigenvalue weighted by Crippen LogP contribution is 2.40. The van der Waals surface area contributed by atoms with Gasteiger partial charge in [-0.25, -0.2) is 9.67 Å². The van der Waals surface area contributed by atoms with Gasteiger partial charge in [0, 0.05) is 29.2 Å². The third-order valence-electron chi connectivity index (χ3n) is 8.15. The van der Waals surface area contributed by atoms with Crippen molar-refractivity contribution in [2.75, 3.05) is 18.1 Å². The molecule has 1 N–H and O–H groups in total. The van der Waals surface area contributed by atoms with Crippen molar-refractivity contribution < 1.29 is 9.53 Å². The molecule has 2 atom stereocenters. The van der Waals surface area contributed by atoms with Gasteiger partial charge >= 0.3 is 0 Å². The third-order valence-corrected chi connectivity index (χ3v) is 8.94. The summed E-state index contributed by atoms with van der Waals surface area (Å²) in [4.78, 5) is 21.9. The van der Waals surface area contributed by atoms with Gasteiger partial charge in [0.1, 0.15) is 5.82 Å². The Kier molecular flexibility index (Phi) is 7.98. The van der Waals surface area contributed by atoms with Gasteiger partial charge in [0.05, 0.1) is 12.2 Å². The van der Waals surface area contributed by atoms with E-state index in [1.54, 1.807) is 4.68 Å². The van der Waals surface area contributed by atoms with E-state index in [2.05, 4.69) is 42.4 Å². The number of nitrogens with zero attached hydrogens (tertiary/aromatic N) is 4. The molecule has 0 bridgehead atoms. The Labute approximate surface area is 230 Å². The predicted octanol–water partition coefficient (Wildman–Crippen LogP) is 6.53. The van der Waals surface area contributed by atoms with Crippen molar-refractivity contribution in [2.24, 2.45) is 17.8 Å². The number of nitrogens with one attached hydrogen (secondary N) is 1. The van der Waals surface area contributed by atoms with Crippen molar-refractivity contribution in [3.8, 4) is 11.7 Å². The fraction of sp³-hybridized carbons (Fsp3) is 0.500. The molecule has 1 saturated heterocycles. The number of hydrogen-bond acceptors (Lipinski definition) is 6. The first-order chi connectivity index (χ1) is 18.3. The molecule has 0 radical (unpaired) electrons. The topological polar surface area (TPSA) is 72.3 Å². The molecule has 3 heterocycles. The van der Waals surface area contributed by atoms with E-state index in [4.69, 9.17) is 9.72 Å². The molecule has 2 unspecified atom stereocenters. The number of carbonyl (C=O) groups is 1. The second kappa shape index (κ2) is 11.4. The molecule has 7 nitrogen and oxygen atoms in total. The summed E-state index contributed by atoms with van der Waals surface area (Å²) in [5.41, 5.74) is 0.433. The van der Waals surface area contributed by atoms with Gasteiger partial charge in [-0.15, -0.1) is 5.10 Å². The van der Waals surface area contributed by atoms with Crippen molar-refractivity contribution in [2.45, 2.75) is 70.2 Å². The predicted molar refractivity (Wildman–Crippen MR) is 153 cm³/mol. The van der Waals surface area contributed by atoms with Crippen LogP contribution in [0.15, 0.2) is 59.6 Å². The number of benzene rings is 1. The van der Waals surface area contributed by atoms with Crippen molar-refractivity contribution in [1.29, 1.82) is 0 Å². The zero-order chi connectivity index (χ0) is 26.7. The Morgan fingerprint density at radius 1 is 1.16 bits per heavy atom. The number of aromatic nitrogens is 3. The van der Waals surface area contributed by atoms with Crippen LogP contribution in [0, 0.1) is 17.8 Å². The molecule has 1 amide bonds. The lowest BCUT2D eigenvalue weighted by Gasteiger charge is -2.49. The lowest BCUT2D eigenvalue weighted by atomic mass is 9.75. The smallest absolute Gasteiger partial charge is 0.265 e. The fourth-order valence-electron chi connectivity index (χ4n) is 5.53. The molecule has 3 aromatic rings. The Morgan fingerprint density at radius 3 is 2.66 bits per heavy atom. The molecule has 38 heavy (non-hydrogen) atoms. The SMILES string of the molecule is CCC1CC(C)(C)N(c2nc(-n3ccc(OCC4CCC4)n3)ccc2C(=O)NSc2ccccc2)CC1C. The number of piperidine rings is 1. The molecular formula is C30H39N5O2S. The summed E-state index contributed by atoms with van der Waals surface area (Å²) in [7, 11) is 0. The minimum Gasteiger partial charge on any atom is -0.476 e. The second-order valence-electron chi connectivity index (χ2n) is 11.4. The summed E-state index contributed by atoms with van der Waals surface area (Å²) >= 11 is 1.32. The number of hydrogen-bond donors (Lipinski definition) is 1. The van der Waals surface area contributed by atoms with Gasteiger partial charge in [-0.05, 0) is 87.1 Å². The molecular weight excluding hydrogens is 494 g/mol. The Hall–Kier alpha value is -3.00. The molecule has 8 heteroatoms. The third kappa shape index (κ3) is 5.85. The quantitative estimate of drug-likeness (QED) is 0.315. The number of ether oxygens (including phenoxy) is 1. The fourth-order valence-corrected chi connectivity index (χ4v) is 6.14. The van der Waals surface area contributed by atoms with Crippen LogP contribution in [0.5, 0.6) is 5.88 Å². The zero-order valence-electron chi connectivity index (χ0n) is 22.9. The average Bonchev–Trinajstić information content (AvgIpc) is 3.37. The number of carbonyl (C=O) groups excluding carboxylic acids is 1. The molecule has 5 rings (SSSR count). The molecule has 1 aromatic carbocycles. The molecule has 2 aromatic heterocycles. The molecule has 2 fully saturated rings. The zero-order valence-corrected chi connectivity index (χ0v) is 23.7. The van der Waals surface area contributed by atoms with Gasteiger partial charge in [-0.2, -0.15) is 0 Å². The van der Waals surface area contributed by atoms with E-state index in [-0.39, 0.29) is 11.4 Å². The van der Waals surface area contributed by atoms with Gasteiger partial charge < -0.3 is 9.64 Å². The summed E-state index contributed by atoms with van der Waals surface area (Å²) < 4.78 is 10.7. The molecule has 1 aliphatic carbocycles. The first kappa shape index (κ1) is 26.6. The Balaban J connectivity index is 1.44. The van der Waals surface area contributed by atoms with Crippen LogP contribution in [0.25, 0.3) is 5.82 Å². The van der Waals surface area contributed by atoms with E-state index in [0.717, 1.165) is 24.3 Å². The summed E-state index contributed by atoms with van der Waals surface area (Å²) in [5.74, 6) is 3.63. The maximum atomic E-state index is 13.5. The maximum Gasteiger partial charge on any atom is 0.265 e. The largest absolute Gasteiger partial charge is 0.476 e. The van der Waals surface area contributed by atoms with E-state index >= 15 is 0 Å². The number of pyridine rings is 1. The lowest BCUT2D eigenvalue weighted by molar-refractivity contribution is 0.0983. The Morgan fingerprint density at radius 2 is 1.95 bits per heavy atom. The van der Waals surface area contributed by atoms with Crippen LogP contribution in [0.3, 0.4) is 0 Å². The van der Waals surface area contributed by atoms with E-state index in [9.17, 15) is 4.79 Å². The van der Waals surface area contributed by atoms with Gasteiger partial charge in [-0.3, -0.25) is 9.52 Å². The normalized spacial score (nSPS) is 21.1. The van der Waals surface area contributed by atoms with E-state index in [1.807, 2.05) is 54.7 Å². The Bertz CT molecular complexity index is 1240. The second-order valence-corrected chi connectivity index (χ2v) is 12.2. The van der Waals surface area contributed by atoms with Crippen molar-refractivity contribution in [1.82, 2.24) is 19.5 Å². The summed E-state index contributed by atoms with van der Waals surface area (Å²) in [6.07, 6.45) is 7.86. The first-order valence-corrected chi connectivity index (χ1v) is 14.7. The van der Waals surface area contributed by atoms with E-state index < -0.39 is 0 Å². The summed E-state index contributed by atoms with van der Waals surface area (Å²) in [6.45, 7) is 10.7.